The Labute approximate surface area is 385 Å². The van der Waals surface area contributed by atoms with Crippen molar-refractivity contribution in [1.82, 2.24) is 0 Å². The van der Waals surface area contributed by atoms with Crippen LogP contribution in [0.3, 0.4) is 0 Å². The van der Waals surface area contributed by atoms with E-state index in [0.717, 1.165) is 17.1 Å². The van der Waals surface area contributed by atoms with Crippen molar-refractivity contribution < 1.29 is 0 Å². The molecular weight excluding hydrogens is 783 g/mol. The average molecular weight is 838 g/mol. The molecule has 0 saturated carbocycles. The Hall–Kier alpha value is -7.22. The first kappa shape index (κ1) is 40.5. The number of hydrogen-bond acceptors (Lipinski definition) is 1. The number of anilines is 3. The standard InChI is InChI=1S/C64H55N/c1-61(2,3)44-30-34-48(35-31-44)63(46-20-10-7-11-21-46)57-28-18-16-26-53(57)55-42-51(38-40-59(55)63)65(50-24-14-9-15-25-50)52-39-41-60-56(43-52)54-27-17-19-29-58(54)64(60,47-22-12-8-13-23-47)49-36-32-45(33-37-49)62(4,5)6/h7-43H,1-6H3. The predicted octanol–water partition coefficient (Wildman–Crippen LogP) is 16.5. The van der Waals surface area contributed by atoms with Gasteiger partial charge in [-0.05, 0) is 125 Å². The normalized spacial score (nSPS) is 17.2. The molecule has 0 amide bonds. The molecule has 9 aromatic carbocycles. The van der Waals surface area contributed by atoms with Gasteiger partial charge in [-0.1, -0.05) is 230 Å². The molecule has 2 unspecified atom stereocenters. The lowest BCUT2D eigenvalue weighted by molar-refractivity contribution is 0.589. The van der Waals surface area contributed by atoms with E-state index in [0.29, 0.717) is 0 Å². The molecule has 2 aliphatic rings. The van der Waals surface area contributed by atoms with Crippen molar-refractivity contribution >= 4 is 17.1 Å². The molecule has 0 heterocycles. The summed E-state index contributed by atoms with van der Waals surface area (Å²) in [5.41, 5.74) is 20.6. The smallest absolute Gasteiger partial charge is 0.0713 e. The SMILES string of the molecule is CC(C)(C)c1ccc(C2(c3ccccc3)c3ccccc3-c3cc(N(c4ccccc4)c4ccc5c(c4)-c4ccccc4C5(c4ccccc4)c4ccc(C(C)(C)C)cc4)ccc32)cc1. The van der Waals surface area contributed by atoms with E-state index in [1.807, 2.05) is 0 Å². The summed E-state index contributed by atoms with van der Waals surface area (Å²) in [4.78, 5) is 2.45. The Morgan fingerprint density at radius 2 is 0.600 bits per heavy atom. The van der Waals surface area contributed by atoms with E-state index in [1.165, 1.54) is 77.9 Å². The molecule has 0 fully saturated rings. The van der Waals surface area contributed by atoms with Gasteiger partial charge < -0.3 is 4.90 Å². The van der Waals surface area contributed by atoms with Crippen LogP contribution in [0.15, 0.2) is 224 Å². The van der Waals surface area contributed by atoms with Crippen molar-refractivity contribution in [2.75, 3.05) is 4.90 Å². The highest BCUT2D eigenvalue weighted by Crippen LogP contribution is 2.59. The van der Waals surface area contributed by atoms with Crippen molar-refractivity contribution in [3.05, 3.63) is 280 Å². The molecule has 0 aromatic heterocycles. The molecule has 0 spiro atoms. The van der Waals surface area contributed by atoms with E-state index in [2.05, 4.69) is 271 Å². The number of rotatable bonds is 7. The third-order valence-electron chi connectivity index (χ3n) is 14.4. The summed E-state index contributed by atoms with van der Waals surface area (Å²) < 4.78 is 0. The number of fused-ring (bicyclic) bond motifs is 6. The van der Waals surface area contributed by atoms with Crippen LogP contribution in [-0.4, -0.2) is 0 Å². The maximum atomic E-state index is 2.45. The molecule has 2 aliphatic carbocycles. The zero-order chi connectivity index (χ0) is 44.6. The van der Waals surface area contributed by atoms with Gasteiger partial charge in [0.1, 0.15) is 0 Å². The summed E-state index contributed by atoms with van der Waals surface area (Å²) >= 11 is 0. The Kier molecular flexibility index (Phi) is 9.49. The highest BCUT2D eigenvalue weighted by molar-refractivity contribution is 5.93. The average Bonchev–Trinajstić information content (AvgIpc) is 3.80. The summed E-state index contributed by atoms with van der Waals surface area (Å²) in [6.45, 7) is 13.8. The fraction of sp³-hybridized carbons (Fsp3) is 0.156. The minimum Gasteiger partial charge on any atom is -0.310 e. The second-order valence-corrected chi connectivity index (χ2v) is 20.1. The molecule has 316 valence electrons. The molecule has 1 nitrogen and oxygen atoms in total. The van der Waals surface area contributed by atoms with Gasteiger partial charge in [0, 0.05) is 17.1 Å². The second kappa shape index (κ2) is 15.2. The Balaban J connectivity index is 1.12. The van der Waals surface area contributed by atoms with E-state index < -0.39 is 10.8 Å². The second-order valence-electron chi connectivity index (χ2n) is 20.1. The van der Waals surface area contributed by atoms with Crippen LogP contribution < -0.4 is 4.90 Å². The van der Waals surface area contributed by atoms with Gasteiger partial charge in [0.25, 0.3) is 0 Å². The van der Waals surface area contributed by atoms with Crippen LogP contribution in [0.5, 0.6) is 0 Å². The summed E-state index contributed by atoms with van der Waals surface area (Å²) in [5.74, 6) is 0. The first-order valence-corrected chi connectivity index (χ1v) is 23.2. The largest absolute Gasteiger partial charge is 0.310 e. The molecule has 0 radical (unpaired) electrons. The third kappa shape index (κ3) is 6.28. The zero-order valence-electron chi connectivity index (χ0n) is 38.3. The van der Waals surface area contributed by atoms with E-state index in [-0.39, 0.29) is 10.8 Å². The van der Waals surface area contributed by atoms with Crippen LogP contribution in [-0.2, 0) is 21.7 Å². The number of benzene rings is 9. The van der Waals surface area contributed by atoms with Crippen molar-refractivity contribution in [3.8, 4) is 22.3 Å². The van der Waals surface area contributed by atoms with Gasteiger partial charge in [-0.15, -0.1) is 0 Å². The van der Waals surface area contributed by atoms with Gasteiger partial charge in [0.05, 0.1) is 10.8 Å². The third-order valence-corrected chi connectivity index (χ3v) is 14.4. The van der Waals surface area contributed by atoms with Gasteiger partial charge >= 0.3 is 0 Å². The van der Waals surface area contributed by atoms with Crippen LogP contribution in [0, 0.1) is 0 Å². The topological polar surface area (TPSA) is 3.24 Å². The van der Waals surface area contributed by atoms with Crippen LogP contribution >= 0.6 is 0 Å². The summed E-state index contributed by atoms with van der Waals surface area (Å²) in [6, 6.07) is 84.6. The molecule has 9 aromatic rings. The summed E-state index contributed by atoms with van der Waals surface area (Å²) in [6.07, 6.45) is 0. The van der Waals surface area contributed by atoms with Gasteiger partial charge in [0.2, 0.25) is 0 Å². The van der Waals surface area contributed by atoms with Crippen molar-refractivity contribution in [2.24, 2.45) is 0 Å². The van der Waals surface area contributed by atoms with Crippen molar-refractivity contribution in [3.63, 3.8) is 0 Å². The first-order valence-electron chi connectivity index (χ1n) is 23.2. The Morgan fingerprint density at radius 1 is 0.277 bits per heavy atom. The summed E-state index contributed by atoms with van der Waals surface area (Å²) in [7, 11) is 0. The fourth-order valence-electron chi connectivity index (χ4n) is 11.2. The molecule has 0 saturated heterocycles. The lowest BCUT2D eigenvalue weighted by Crippen LogP contribution is -2.29. The highest BCUT2D eigenvalue weighted by Gasteiger charge is 2.48. The molecule has 0 bridgehead atoms. The van der Waals surface area contributed by atoms with E-state index in [4.69, 9.17) is 0 Å². The van der Waals surface area contributed by atoms with E-state index in [1.54, 1.807) is 0 Å². The minimum atomic E-state index is -0.483. The fourth-order valence-corrected chi connectivity index (χ4v) is 11.2. The summed E-state index contributed by atoms with van der Waals surface area (Å²) in [5, 5.41) is 0. The van der Waals surface area contributed by atoms with Crippen LogP contribution in [0.2, 0.25) is 0 Å². The monoisotopic (exact) mass is 837 g/mol. The van der Waals surface area contributed by atoms with Crippen molar-refractivity contribution in [2.45, 2.75) is 63.2 Å². The maximum absolute atomic E-state index is 2.45. The lowest BCUT2D eigenvalue weighted by atomic mass is 9.67. The van der Waals surface area contributed by atoms with Gasteiger partial charge in [0.15, 0.2) is 0 Å². The van der Waals surface area contributed by atoms with E-state index >= 15 is 0 Å². The van der Waals surface area contributed by atoms with E-state index in [9.17, 15) is 0 Å². The van der Waals surface area contributed by atoms with Gasteiger partial charge in [-0.25, -0.2) is 0 Å². The van der Waals surface area contributed by atoms with Crippen LogP contribution in [0.4, 0.5) is 17.1 Å². The molecule has 1 heteroatoms. The molecule has 11 rings (SSSR count). The van der Waals surface area contributed by atoms with Crippen molar-refractivity contribution in [1.29, 1.82) is 0 Å². The molecule has 0 aliphatic heterocycles. The Bertz CT molecular complexity index is 2990. The molecule has 2 atom stereocenters. The zero-order valence-corrected chi connectivity index (χ0v) is 38.3. The number of para-hydroxylation sites is 1. The maximum Gasteiger partial charge on any atom is 0.0713 e. The quantitative estimate of drug-likeness (QED) is 0.155. The first-order chi connectivity index (χ1) is 31.5. The number of nitrogens with zero attached hydrogens (tertiary/aromatic N) is 1. The highest BCUT2D eigenvalue weighted by atomic mass is 15.1. The number of hydrogen-bond donors (Lipinski definition) is 0. The van der Waals surface area contributed by atoms with Gasteiger partial charge in [-0.2, -0.15) is 0 Å². The molecule has 65 heavy (non-hydrogen) atoms. The van der Waals surface area contributed by atoms with Gasteiger partial charge in [-0.3, -0.25) is 0 Å². The predicted molar refractivity (Wildman–Crippen MR) is 273 cm³/mol. The minimum absolute atomic E-state index is 0.0557. The van der Waals surface area contributed by atoms with Crippen LogP contribution in [0.1, 0.15) is 97.2 Å². The Morgan fingerprint density at radius 3 is 0.985 bits per heavy atom. The van der Waals surface area contributed by atoms with Crippen LogP contribution in [0.25, 0.3) is 22.3 Å². The molecule has 0 N–H and O–H groups in total. The lowest BCUT2D eigenvalue weighted by Gasteiger charge is -2.35. The molecular formula is C64H55N.